The minimum atomic E-state index is -0.818. The van der Waals surface area contributed by atoms with Gasteiger partial charge in [-0.15, -0.1) is 0 Å². The zero-order chi connectivity index (χ0) is 24.8. The zero-order valence-electron chi connectivity index (χ0n) is 20.1. The first-order valence-corrected chi connectivity index (χ1v) is 12.6. The number of ketones is 2. The van der Waals surface area contributed by atoms with E-state index >= 15 is 0 Å². The first-order valence-electron chi connectivity index (χ1n) is 12.6. The quantitative estimate of drug-likeness (QED) is 0.331. The Morgan fingerprint density at radius 2 is 1.61 bits per heavy atom. The van der Waals surface area contributed by atoms with Crippen molar-refractivity contribution in [2.45, 2.75) is 24.7 Å². The molecule has 0 aromatic heterocycles. The van der Waals surface area contributed by atoms with Gasteiger partial charge in [0.05, 0.1) is 6.42 Å². The van der Waals surface area contributed by atoms with E-state index in [1.165, 1.54) is 0 Å². The lowest BCUT2D eigenvalue weighted by Crippen LogP contribution is -2.63. The molecular formula is C32H26O4. The summed E-state index contributed by atoms with van der Waals surface area (Å²) in [6, 6.07) is 20.9. The summed E-state index contributed by atoms with van der Waals surface area (Å²) < 4.78 is 5.92. The van der Waals surface area contributed by atoms with Crippen LogP contribution in [0.2, 0.25) is 0 Å². The van der Waals surface area contributed by atoms with E-state index in [0.717, 1.165) is 32.3 Å². The average molecular weight is 475 g/mol. The molecule has 4 heteroatoms. The Morgan fingerprint density at radius 3 is 2.33 bits per heavy atom. The maximum absolute atomic E-state index is 13.6. The third-order valence-corrected chi connectivity index (χ3v) is 9.09. The fourth-order valence-electron chi connectivity index (χ4n) is 7.75. The predicted octanol–water partition coefficient (Wildman–Crippen LogP) is 3.59. The second-order valence-corrected chi connectivity index (χ2v) is 10.9. The number of rotatable bonds is 3. The minimum Gasteiger partial charge on any atom is -0.461 e. The molecule has 2 bridgehead atoms. The van der Waals surface area contributed by atoms with Gasteiger partial charge in [0.1, 0.15) is 18.2 Å². The highest BCUT2D eigenvalue weighted by molar-refractivity contribution is 6.11. The molecule has 2 fully saturated rings. The van der Waals surface area contributed by atoms with Crippen LogP contribution in [0.3, 0.4) is 0 Å². The molecule has 0 heterocycles. The molecule has 0 saturated heterocycles. The lowest BCUT2D eigenvalue weighted by Gasteiger charge is -2.61. The summed E-state index contributed by atoms with van der Waals surface area (Å²) in [6.07, 6.45) is 4.53. The van der Waals surface area contributed by atoms with Crippen molar-refractivity contribution in [3.63, 3.8) is 0 Å². The molecule has 6 atom stereocenters. The molecule has 8 rings (SSSR count). The van der Waals surface area contributed by atoms with Gasteiger partial charge in [-0.05, 0) is 51.1 Å². The van der Waals surface area contributed by atoms with Crippen molar-refractivity contribution in [3.8, 4) is 0 Å². The fourth-order valence-corrected chi connectivity index (χ4v) is 7.75. The first kappa shape index (κ1) is 21.5. The SMILES string of the molecule is C=C(C)C(=O)OCC12c3cc4ccccc4cc3C(C3C=c4ccccc4=CC31)C1C(=O)CC(=O)C12. The maximum Gasteiger partial charge on any atom is 0.333 e. The van der Waals surface area contributed by atoms with Gasteiger partial charge < -0.3 is 4.74 Å². The van der Waals surface area contributed by atoms with Gasteiger partial charge in [-0.25, -0.2) is 4.79 Å². The molecule has 4 nitrogen and oxygen atoms in total. The number of benzene rings is 3. The maximum atomic E-state index is 13.6. The van der Waals surface area contributed by atoms with E-state index in [2.05, 4.69) is 55.1 Å². The van der Waals surface area contributed by atoms with Crippen LogP contribution < -0.4 is 10.4 Å². The summed E-state index contributed by atoms with van der Waals surface area (Å²) in [4.78, 5) is 39.7. The molecule has 0 radical (unpaired) electrons. The Morgan fingerprint density at radius 1 is 0.944 bits per heavy atom. The van der Waals surface area contributed by atoms with Gasteiger partial charge in [0.25, 0.3) is 0 Å². The van der Waals surface area contributed by atoms with Crippen molar-refractivity contribution in [3.05, 3.63) is 94.4 Å². The van der Waals surface area contributed by atoms with Crippen LogP contribution in [0, 0.1) is 23.7 Å². The molecular weight excluding hydrogens is 448 g/mol. The Balaban J connectivity index is 1.57. The fraction of sp³-hybridized carbons (Fsp3) is 0.281. The molecule has 0 aliphatic heterocycles. The Bertz CT molecular complexity index is 1650. The Kier molecular flexibility index (Phi) is 4.39. The molecule has 178 valence electrons. The molecule has 5 aliphatic rings. The second kappa shape index (κ2) is 7.36. The lowest BCUT2D eigenvalue weighted by molar-refractivity contribution is -0.148. The predicted molar refractivity (Wildman–Crippen MR) is 137 cm³/mol. The van der Waals surface area contributed by atoms with Gasteiger partial charge in [-0.1, -0.05) is 79.4 Å². The summed E-state index contributed by atoms with van der Waals surface area (Å²) in [7, 11) is 0. The van der Waals surface area contributed by atoms with Crippen LogP contribution in [0.5, 0.6) is 0 Å². The standard InChI is InChI=1S/C32H26O4/c1-17(2)31(35)36-16-32-24-13-20-9-5-3-7-18(20)11-22(24)28(29-26(33)15-27(34)30(29)32)23-12-19-8-4-6-10-21(19)14-25(23)32/h3-14,22,24,28-30H,1,15-16H2,2H3. The van der Waals surface area contributed by atoms with Gasteiger partial charge in [0, 0.05) is 28.7 Å². The summed E-state index contributed by atoms with van der Waals surface area (Å²) in [5.74, 6) is -1.48. The third-order valence-electron chi connectivity index (χ3n) is 9.09. The highest BCUT2D eigenvalue weighted by Crippen LogP contribution is 2.67. The molecule has 0 amide bonds. The monoisotopic (exact) mass is 474 g/mol. The van der Waals surface area contributed by atoms with Gasteiger partial charge in [-0.3, -0.25) is 9.59 Å². The van der Waals surface area contributed by atoms with E-state index in [0.29, 0.717) is 5.57 Å². The van der Waals surface area contributed by atoms with Gasteiger partial charge >= 0.3 is 5.97 Å². The van der Waals surface area contributed by atoms with Crippen LogP contribution in [-0.2, 0) is 24.5 Å². The molecule has 3 aromatic rings. The number of carbonyl (C=O) groups excluding carboxylic acids is 3. The van der Waals surface area contributed by atoms with E-state index in [1.807, 2.05) is 24.3 Å². The number of Topliss-reactive ketones (excluding diaryl/α,β-unsaturated/α-hetero) is 2. The smallest absolute Gasteiger partial charge is 0.333 e. The Hall–Kier alpha value is -3.79. The molecule has 0 spiro atoms. The van der Waals surface area contributed by atoms with Crippen molar-refractivity contribution in [2.75, 3.05) is 6.61 Å². The summed E-state index contributed by atoms with van der Waals surface area (Å²) >= 11 is 0. The summed E-state index contributed by atoms with van der Waals surface area (Å²) in [5.41, 5.74) is 1.67. The molecule has 0 N–H and O–H groups in total. The lowest BCUT2D eigenvalue weighted by atomic mass is 9.41. The van der Waals surface area contributed by atoms with E-state index < -0.39 is 23.2 Å². The first-order chi connectivity index (χ1) is 17.4. The van der Waals surface area contributed by atoms with Crippen molar-refractivity contribution < 1.29 is 19.1 Å². The highest BCUT2D eigenvalue weighted by atomic mass is 16.5. The number of carbonyl (C=O) groups is 3. The number of ether oxygens (including phenoxy) is 1. The number of hydrogen-bond donors (Lipinski definition) is 0. The van der Waals surface area contributed by atoms with Crippen LogP contribution in [0.1, 0.15) is 30.4 Å². The third kappa shape index (κ3) is 2.67. The topological polar surface area (TPSA) is 60.4 Å². The number of fused-ring (bicyclic) bond motifs is 2. The average Bonchev–Trinajstić information content (AvgIpc) is 3.19. The number of hydrogen-bond acceptors (Lipinski definition) is 4. The van der Waals surface area contributed by atoms with Crippen LogP contribution in [0.4, 0.5) is 0 Å². The van der Waals surface area contributed by atoms with Crippen molar-refractivity contribution >= 4 is 40.5 Å². The van der Waals surface area contributed by atoms with Crippen molar-refractivity contribution in [1.82, 2.24) is 0 Å². The van der Waals surface area contributed by atoms with Gasteiger partial charge in [0.2, 0.25) is 0 Å². The largest absolute Gasteiger partial charge is 0.461 e. The van der Waals surface area contributed by atoms with Crippen molar-refractivity contribution in [1.29, 1.82) is 0 Å². The normalized spacial score (nSPS) is 31.0. The molecule has 36 heavy (non-hydrogen) atoms. The second-order valence-electron chi connectivity index (χ2n) is 10.9. The Labute approximate surface area is 209 Å². The van der Waals surface area contributed by atoms with Crippen LogP contribution in [0.15, 0.2) is 72.8 Å². The van der Waals surface area contributed by atoms with Crippen LogP contribution in [0.25, 0.3) is 22.9 Å². The van der Waals surface area contributed by atoms with E-state index in [9.17, 15) is 14.4 Å². The minimum absolute atomic E-state index is 0.0223. The molecule has 5 aliphatic carbocycles. The summed E-state index contributed by atoms with van der Waals surface area (Å²) in [5, 5.41) is 4.46. The zero-order valence-corrected chi connectivity index (χ0v) is 20.1. The molecule has 2 saturated carbocycles. The van der Waals surface area contributed by atoms with Gasteiger partial charge in [-0.2, -0.15) is 0 Å². The van der Waals surface area contributed by atoms with E-state index in [1.54, 1.807) is 6.92 Å². The van der Waals surface area contributed by atoms with Crippen LogP contribution >= 0.6 is 0 Å². The van der Waals surface area contributed by atoms with E-state index in [-0.39, 0.29) is 42.3 Å². The highest BCUT2D eigenvalue weighted by Gasteiger charge is 2.69. The molecule has 6 unspecified atom stereocenters. The van der Waals surface area contributed by atoms with Crippen molar-refractivity contribution in [2.24, 2.45) is 23.7 Å². The van der Waals surface area contributed by atoms with E-state index in [4.69, 9.17) is 4.74 Å². The molecule has 3 aromatic carbocycles. The van der Waals surface area contributed by atoms with Crippen LogP contribution in [-0.4, -0.2) is 24.1 Å². The van der Waals surface area contributed by atoms with Gasteiger partial charge in [0.15, 0.2) is 0 Å². The number of esters is 1. The summed E-state index contributed by atoms with van der Waals surface area (Å²) in [6.45, 7) is 5.43.